The second-order valence-electron chi connectivity index (χ2n) is 4.29. The summed E-state index contributed by atoms with van der Waals surface area (Å²) in [7, 11) is 3.93. The molecule has 3 nitrogen and oxygen atoms in total. The van der Waals surface area contributed by atoms with E-state index < -0.39 is 0 Å². The van der Waals surface area contributed by atoms with Crippen molar-refractivity contribution in [3.05, 3.63) is 30.3 Å². The molecule has 0 atom stereocenters. The topological polar surface area (TPSA) is 29.5 Å². The Morgan fingerprint density at radius 3 is 2.67 bits per heavy atom. The molecule has 0 aliphatic rings. The van der Waals surface area contributed by atoms with Crippen molar-refractivity contribution in [1.82, 2.24) is 4.90 Å². The first-order valence-corrected chi connectivity index (χ1v) is 7.15. The Hall–Kier alpha value is -1.00. The van der Waals surface area contributed by atoms with Crippen molar-refractivity contribution in [3.63, 3.8) is 0 Å². The minimum absolute atomic E-state index is 0.0921. The van der Waals surface area contributed by atoms with Gasteiger partial charge in [-0.1, -0.05) is 18.2 Å². The average molecular weight is 267 g/mol. The molecule has 0 fully saturated rings. The van der Waals surface area contributed by atoms with E-state index in [4.69, 9.17) is 4.74 Å². The molecule has 0 unspecified atom stereocenters. The van der Waals surface area contributed by atoms with Gasteiger partial charge in [-0.15, -0.1) is 11.8 Å². The minimum Gasteiger partial charge on any atom is -0.464 e. The van der Waals surface area contributed by atoms with Gasteiger partial charge in [0.25, 0.3) is 0 Å². The number of rotatable bonds is 8. The predicted octanol–water partition coefficient (Wildman–Crippen LogP) is 2.66. The summed E-state index contributed by atoms with van der Waals surface area (Å²) in [5, 5.41) is 0. The molecular formula is C14H21NO2S. The molecule has 0 aliphatic carbocycles. The number of carbonyl (C=O) groups is 1. The van der Waals surface area contributed by atoms with E-state index in [1.54, 1.807) is 11.8 Å². The van der Waals surface area contributed by atoms with Crippen LogP contribution in [0.4, 0.5) is 0 Å². The van der Waals surface area contributed by atoms with E-state index in [2.05, 4.69) is 12.1 Å². The maximum atomic E-state index is 11.4. The van der Waals surface area contributed by atoms with Gasteiger partial charge in [-0.2, -0.15) is 0 Å². The molecule has 4 heteroatoms. The SMILES string of the molecule is CN(C)CCOC(=O)CCCSc1ccccc1. The first-order valence-electron chi connectivity index (χ1n) is 6.16. The highest BCUT2D eigenvalue weighted by Gasteiger charge is 2.03. The van der Waals surface area contributed by atoms with Crippen molar-refractivity contribution in [2.45, 2.75) is 17.7 Å². The molecule has 0 bridgehead atoms. The molecule has 0 spiro atoms. The van der Waals surface area contributed by atoms with Gasteiger partial charge in [-0.05, 0) is 38.4 Å². The van der Waals surface area contributed by atoms with Crippen LogP contribution in [0.15, 0.2) is 35.2 Å². The van der Waals surface area contributed by atoms with Crippen molar-refractivity contribution < 1.29 is 9.53 Å². The predicted molar refractivity (Wildman–Crippen MR) is 75.9 cm³/mol. The zero-order valence-electron chi connectivity index (χ0n) is 11.1. The quantitative estimate of drug-likeness (QED) is 0.411. The third kappa shape index (κ3) is 7.35. The fourth-order valence-electron chi connectivity index (χ4n) is 1.34. The number of hydrogen-bond acceptors (Lipinski definition) is 4. The van der Waals surface area contributed by atoms with E-state index in [1.165, 1.54) is 4.90 Å². The van der Waals surface area contributed by atoms with Crippen molar-refractivity contribution >= 4 is 17.7 Å². The summed E-state index contributed by atoms with van der Waals surface area (Å²) >= 11 is 1.78. The lowest BCUT2D eigenvalue weighted by Crippen LogP contribution is -2.20. The zero-order valence-corrected chi connectivity index (χ0v) is 11.9. The van der Waals surface area contributed by atoms with Crippen LogP contribution in [0.3, 0.4) is 0 Å². The number of likely N-dealkylation sites (N-methyl/N-ethyl adjacent to an activating group) is 1. The number of benzene rings is 1. The first kappa shape index (κ1) is 15.1. The monoisotopic (exact) mass is 267 g/mol. The molecule has 0 N–H and O–H groups in total. The molecule has 1 aromatic rings. The van der Waals surface area contributed by atoms with E-state index in [0.29, 0.717) is 13.0 Å². The van der Waals surface area contributed by atoms with Gasteiger partial charge in [0, 0.05) is 17.9 Å². The van der Waals surface area contributed by atoms with E-state index >= 15 is 0 Å². The lowest BCUT2D eigenvalue weighted by molar-refractivity contribution is -0.143. The Bertz CT molecular complexity index is 341. The summed E-state index contributed by atoms with van der Waals surface area (Å²) in [5.74, 6) is 0.859. The van der Waals surface area contributed by atoms with Crippen LogP contribution < -0.4 is 0 Å². The van der Waals surface area contributed by atoms with Crippen LogP contribution in [0.2, 0.25) is 0 Å². The molecule has 100 valence electrons. The molecule has 0 amide bonds. The van der Waals surface area contributed by atoms with Crippen LogP contribution in [-0.2, 0) is 9.53 Å². The fraction of sp³-hybridized carbons (Fsp3) is 0.500. The lowest BCUT2D eigenvalue weighted by atomic mass is 10.3. The van der Waals surface area contributed by atoms with Crippen molar-refractivity contribution in [3.8, 4) is 0 Å². The van der Waals surface area contributed by atoms with Gasteiger partial charge in [-0.3, -0.25) is 4.79 Å². The standard InChI is InChI=1S/C14H21NO2S/c1-15(2)10-11-17-14(16)9-6-12-18-13-7-4-3-5-8-13/h3-5,7-8H,6,9-12H2,1-2H3. The maximum Gasteiger partial charge on any atom is 0.305 e. The smallest absolute Gasteiger partial charge is 0.305 e. The van der Waals surface area contributed by atoms with Crippen LogP contribution in [0.5, 0.6) is 0 Å². The molecule has 0 radical (unpaired) electrons. The van der Waals surface area contributed by atoms with Crippen LogP contribution in [0, 0.1) is 0 Å². The number of thioether (sulfide) groups is 1. The first-order chi connectivity index (χ1) is 8.68. The van der Waals surface area contributed by atoms with Gasteiger partial charge in [-0.25, -0.2) is 0 Å². The fourth-order valence-corrected chi connectivity index (χ4v) is 2.21. The summed E-state index contributed by atoms with van der Waals surface area (Å²) in [5.41, 5.74) is 0. The Kier molecular flexibility index (Phi) is 7.53. The number of carbonyl (C=O) groups excluding carboxylic acids is 1. The number of ether oxygens (including phenoxy) is 1. The molecular weight excluding hydrogens is 246 g/mol. The van der Waals surface area contributed by atoms with Crippen LogP contribution in [-0.4, -0.2) is 43.9 Å². The molecule has 0 heterocycles. The van der Waals surface area contributed by atoms with Gasteiger partial charge in [0.15, 0.2) is 0 Å². The largest absolute Gasteiger partial charge is 0.464 e. The Morgan fingerprint density at radius 2 is 2.00 bits per heavy atom. The second kappa shape index (κ2) is 9.00. The molecule has 1 aromatic carbocycles. The number of hydrogen-bond donors (Lipinski definition) is 0. The van der Waals surface area contributed by atoms with E-state index in [0.717, 1.165) is 18.7 Å². The number of esters is 1. The van der Waals surface area contributed by atoms with Gasteiger partial charge < -0.3 is 9.64 Å². The Labute approximate surface area is 114 Å². The number of nitrogens with zero attached hydrogens (tertiary/aromatic N) is 1. The van der Waals surface area contributed by atoms with Crippen molar-refractivity contribution in [1.29, 1.82) is 0 Å². The normalized spacial score (nSPS) is 10.6. The van der Waals surface area contributed by atoms with Gasteiger partial charge in [0.05, 0.1) is 0 Å². The van der Waals surface area contributed by atoms with Gasteiger partial charge in [0.2, 0.25) is 0 Å². The second-order valence-corrected chi connectivity index (χ2v) is 5.46. The van der Waals surface area contributed by atoms with E-state index in [-0.39, 0.29) is 5.97 Å². The minimum atomic E-state index is -0.0921. The van der Waals surface area contributed by atoms with Crippen molar-refractivity contribution in [2.24, 2.45) is 0 Å². The Balaban J connectivity index is 2.02. The average Bonchev–Trinajstić information content (AvgIpc) is 2.35. The molecule has 0 aliphatic heterocycles. The molecule has 0 saturated heterocycles. The highest BCUT2D eigenvalue weighted by atomic mass is 32.2. The molecule has 18 heavy (non-hydrogen) atoms. The van der Waals surface area contributed by atoms with Crippen LogP contribution in [0.25, 0.3) is 0 Å². The molecule has 0 aromatic heterocycles. The van der Waals surface area contributed by atoms with Gasteiger partial charge >= 0.3 is 5.97 Å². The van der Waals surface area contributed by atoms with Gasteiger partial charge in [0.1, 0.15) is 6.61 Å². The maximum absolute atomic E-state index is 11.4. The summed E-state index contributed by atoms with van der Waals surface area (Å²) in [6.45, 7) is 1.27. The van der Waals surface area contributed by atoms with E-state index in [1.807, 2.05) is 37.2 Å². The summed E-state index contributed by atoms with van der Waals surface area (Å²) in [6.07, 6.45) is 1.37. The molecule has 1 rings (SSSR count). The molecule has 0 saturated carbocycles. The van der Waals surface area contributed by atoms with Crippen molar-refractivity contribution in [2.75, 3.05) is 33.0 Å². The lowest BCUT2D eigenvalue weighted by Gasteiger charge is -2.09. The highest BCUT2D eigenvalue weighted by molar-refractivity contribution is 7.99. The summed E-state index contributed by atoms with van der Waals surface area (Å²) in [6, 6.07) is 10.2. The third-order valence-corrected chi connectivity index (χ3v) is 3.44. The van der Waals surface area contributed by atoms with E-state index in [9.17, 15) is 4.79 Å². The summed E-state index contributed by atoms with van der Waals surface area (Å²) < 4.78 is 5.12. The van der Waals surface area contributed by atoms with Crippen LogP contribution in [0.1, 0.15) is 12.8 Å². The zero-order chi connectivity index (χ0) is 13.2. The highest BCUT2D eigenvalue weighted by Crippen LogP contribution is 2.18. The summed E-state index contributed by atoms with van der Waals surface area (Å²) in [4.78, 5) is 14.6. The Morgan fingerprint density at radius 1 is 1.28 bits per heavy atom. The third-order valence-electron chi connectivity index (χ3n) is 2.34. The van der Waals surface area contributed by atoms with Crippen LogP contribution >= 0.6 is 11.8 Å².